The van der Waals surface area contributed by atoms with Crippen molar-refractivity contribution in [1.29, 1.82) is 0 Å². The number of rotatable bonds is 4. The summed E-state index contributed by atoms with van der Waals surface area (Å²) in [6, 6.07) is 3.93. The molecule has 0 aliphatic rings. The first kappa shape index (κ1) is 12.6. The summed E-state index contributed by atoms with van der Waals surface area (Å²) in [7, 11) is -2.41. The van der Waals surface area contributed by atoms with Crippen LogP contribution >= 0.6 is 0 Å². The fourth-order valence-corrected chi connectivity index (χ4v) is 1.82. The van der Waals surface area contributed by atoms with E-state index in [0.717, 1.165) is 6.07 Å². The van der Waals surface area contributed by atoms with Gasteiger partial charge in [0.15, 0.2) is 0 Å². The van der Waals surface area contributed by atoms with Crippen LogP contribution in [0.2, 0.25) is 0 Å². The molecule has 0 fully saturated rings. The van der Waals surface area contributed by atoms with Crippen LogP contribution < -0.4 is 10.9 Å². The summed E-state index contributed by atoms with van der Waals surface area (Å²) in [6.07, 6.45) is 0. The zero-order valence-electron chi connectivity index (χ0n) is 8.64. The highest BCUT2D eigenvalue weighted by Gasteiger charge is 2.12. The standard InChI is InChI=1S/C9H12N2O4S/c1-15-5-6-2-7(9(10)12)4-8(3-6)16(11,13)14/h2-4H,5H2,1H3,(H2,10,12)(H2,11,13,14). The second kappa shape index (κ2) is 4.60. The molecule has 1 aromatic rings. The molecule has 0 aromatic heterocycles. The summed E-state index contributed by atoms with van der Waals surface area (Å²) in [5.41, 5.74) is 5.67. The van der Waals surface area contributed by atoms with Crippen LogP contribution in [0.25, 0.3) is 0 Å². The number of primary sulfonamides is 1. The molecule has 0 unspecified atom stereocenters. The highest BCUT2D eigenvalue weighted by Crippen LogP contribution is 2.14. The van der Waals surface area contributed by atoms with E-state index in [-0.39, 0.29) is 17.1 Å². The third-order valence-electron chi connectivity index (χ3n) is 1.89. The van der Waals surface area contributed by atoms with Crippen molar-refractivity contribution in [2.24, 2.45) is 10.9 Å². The second-order valence-electron chi connectivity index (χ2n) is 3.21. The lowest BCUT2D eigenvalue weighted by atomic mass is 10.1. The molecule has 16 heavy (non-hydrogen) atoms. The van der Waals surface area contributed by atoms with Gasteiger partial charge >= 0.3 is 0 Å². The molecule has 0 bridgehead atoms. The second-order valence-corrected chi connectivity index (χ2v) is 4.77. The van der Waals surface area contributed by atoms with Gasteiger partial charge in [-0.2, -0.15) is 0 Å². The van der Waals surface area contributed by atoms with Gasteiger partial charge in [-0.25, -0.2) is 13.6 Å². The molecule has 0 saturated carbocycles. The summed E-state index contributed by atoms with van der Waals surface area (Å²) in [5.74, 6) is -0.720. The van der Waals surface area contributed by atoms with Gasteiger partial charge in [0.1, 0.15) is 0 Å². The van der Waals surface area contributed by atoms with Gasteiger partial charge in [0.2, 0.25) is 15.9 Å². The Kier molecular flexibility index (Phi) is 3.63. The molecule has 0 saturated heterocycles. The zero-order chi connectivity index (χ0) is 12.3. The summed E-state index contributed by atoms with van der Waals surface area (Å²) in [6.45, 7) is 0.170. The van der Waals surface area contributed by atoms with Crippen molar-refractivity contribution in [2.45, 2.75) is 11.5 Å². The number of benzene rings is 1. The molecule has 0 heterocycles. The summed E-state index contributed by atoms with van der Waals surface area (Å²) >= 11 is 0. The van der Waals surface area contributed by atoms with Crippen LogP contribution in [0, 0.1) is 0 Å². The van der Waals surface area contributed by atoms with Gasteiger partial charge < -0.3 is 10.5 Å². The van der Waals surface area contributed by atoms with Crippen molar-refractivity contribution in [1.82, 2.24) is 0 Å². The average molecular weight is 244 g/mol. The SMILES string of the molecule is COCc1cc(C(N)=O)cc(S(N)(=O)=O)c1. The summed E-state index contributed by atoms with van der Waals surface area (Å²) in [4.78, 5) is 10.8. The maximum Gasteiger partial charge on any atom is 0.248 e. The lowest BCUT2D eigenvalue weighted by Gasteiger charge is -2.05. The topological polar surface area (TPSA) is 112 Å². The first-order valence-corrected chi connectivity index (χ1v) is 5.84. The Hall–Kier alpha value is -1.44. The Morgan fingerprint density at radius 1 is 1.38 bits per heavy atom. The Morgan fingerprint density at radius 3 is 2.44 bits per heavy atom. The molecule has 0 atom stereocenters. The van der Waals surface area contributed by atoms with Crippen molar-refractivity contribution in [3.8, 4) is 0 Å². The number of hydrogen-bond donors (Lipinski definition) is 2. The van der Waals surface area contributed by atoms with Gasteiger partial charge in [-0.15, -0.1) is 0 Å². The van der Waals surface area contributed by atoms with E-state index in [1.165, 1.54) is 19.2 Å². The molecule has 6 nitrogen and oxygen atoms in total. The highest BCUT2D eigenvalue weighted by molar-refractivity contribution is 7.89. The maximum absolute atomic E-state index is 11.1. The molecule has 0 spiro atoms. The van der Waals surface area contributed by atoms with E-state index in [1.807, 2.05) is 0 Å². The van der Waals surface area contributed by atoms with Gasteiger partial charge in [0, 0.05) is 12.7 Å². The van der Waals surface area contributed by atoms with Crippen LogP contribution in [0.4, 0.5) is 0 Å². The predicted octanol–water partition coefficient (Wildman–Crippen LogP) is -0.421. The molecule has 88 valence electrons. The number of hydrogen-bond acceptors (Lipinski definition) is 4. The first-order valence-electron chi connectivity index (χ1n) is 4.30. The van der Waals surface area contributed by atoms with Gasteiger partial charge in [-0.1, -0.05) is 0 Å². The van der Waals surface area contributed by atoms with Crippen LogP contribution in [0.3, 0.4) is 0 Å². The van der Waals surface area contributed by atoms with E-state index in [0.29, 0.717) is 5.56 Å². The van der Waals surface area contributed by atoms with Crippen LogP contribution in [0.1, 0.15) is 15.9 Å². The quantitative estimate of drug-likeness (QED) is 0.748. The Morgan fingerprint density at radius 2 is 2.00 bits per heavy atom. The molecule has 1 rings (SSSR count). The molecule has 0 aliphatic carbocycles. The van der Waals surface area contributed by atoms with Crippen molar-refractivity contribution >= 4 is 15.9 Å². The van der Waals surface area contributed by atoms with Gasteiger partial charge in [-0.05, 0) is 23.8 Å². The molecule has 1 amide bonds. The molecular weight excluding hydrogens is 232 g/mol. The lowest BCUT2D eigenvalue weighted by Crippen LogP contribution is -2.16. The average Bonchev–Trinajstić information content (AvgIpc) is 2.16. The van der Waals surface area contributed by atoms with Crippen LogP contribution in [0.15, 0.2) is 23.1 Å². The fraction of sp³-hybridized carbons (Fsp3) is 0.222. The summed E-state index contributed by atoms with van der Waals surface area (Å²) < 4.78 is 27.1. The van der Waals surface area contributed by atoms with E-state index >= 15 is 0 Å². The van der Waals surface area contributed by atoms with Crippen molar-refractivity contribution < 1.29 is 17.9 Å². The molecule has 7 heteroatoms. The van der Waals surface area contributed by atoms with E-state index in [9.17, 15) is 13.2 Å². The van der Waals surface area contributed by atoms with Crippen molar-refractivity contribution in [2.75, 3.05) is 7.11 Å². The maximum atomic E-state index is 11.1. The minimum absolute atomic E-state index is 0.0820. The molecule has 4 N–H and O–H groups in total. The lowest BCUT2D eigenvalue weighted by molar-refractivity contribution is 0.0999. The van der Waals surface area contributed by atoms with E-state index in [1.54, 1.807) is 0 Å². The van der Waals surface area contributed by atoms with Crippen LogP contribution in [-0.2, 0) is 21.4 Å². The number of carbonyl (C=O) groups is 1. The number of ether oxygens (including phenoxy) is 1. The van der Waals surface area contributed by atoms with E-state index in [4.69, 9.17) is 15.6 Å². The van der Waals surface area contributed by atoms with Crippen LogP contribution in [0.5, 0.6) is 0 Å². The normalized spacial score (nSPS) is 11.4. The Labute approximate surface area is 93.2 Å². The van der Waals surface area contributed by atoms with Crippen molar-refractivity contribution in [3.63, 3.8) is 0 Å². The highest BCUT2D eigenvalue weighted by atomic mass is 32.2. The molecule has 0 radical (unpaired) electrons. The molecular formula is C9H12N2O4S. The third kappa shape index (κ3) is 3.02. The number of sulfonamides is 1. The fourth-order valence-electron chi connectivity index (χ4n) is 1.22. The van der Waals surface area contributed by atoms with Gasteiger partial charge in [0.05, 0.1) is 11.5 Å². The summed E-state index contributed by atoms with van der Waals surface area (Å²) in [5, 5.41) is 4.97. The van der Waals surface area contributed by atoms with Gasteiger partial charge in [0.25, 0.3) is 0 Å². The zero-order valence-corrected chi connectivity index (χ0v) is 9.45. The number of primary amides is 1. The van der Waals surface area contributed by atoms with Crippen molar-refractivity contribution in [3.05, 3.63) is 29.3 Å². The van der Waals surface area contributed by atoms with E-state index < -0.39 is 15.9 Å². The third-order valence-corrected chi connectivity index (χ3v) is 2.78. The number of nitrogens with two attached hydrogens (primary N) is 2. The monoisotopic (exact) mass is 244 g/mol. The number of carbonyl (C=O) groups excluding carboxylic acids is 1. The first-order chi connectivity index (χ1) is 7.34. The minimum Gasteiger partial charge on any atom is -0.380 e. The smallest absolute Gasteiger partial charge is 0.248 e. The Bertz CT molecular complexity index is 510. The van der Waals surface area contributed by atoms with Gasteiger partial charge in [-0.3, -0.25) is 4.79 Å². The van der Waals surface area contributed by atoms with E-state index in [2.05, 4.69) is 0 Å². The number of methoxy groups -OCH3 is 1. The van der Waals surface area contributed by atoms with Crippen LogP contribution in [-0.4, -0.2) is 21.4 Å². The molecule has 1 aromatic carbocycles. The largest absolute Gasteiger partial charge is 0.380 e. The minimum atomic E-state index is -3.86. The number of amides is 1. The Balaban J connectivity index is 3.35. The predicted molar refractivity (Wildman–Crippen MR) is 57.0 cm³/mol. The molecule has 0 aliphatic heterocycles.